The molecule has 0 aliphatic carbocycles. The average molecular weight is 422 g/mol. The minimum atomic E-state index is -4.64. The quantitative estimate of drug-likeness (QED) is 0.688. The Balaban J connectivity index is 1.98. The molecule has 0 aliphatic rings. The molecule has 1 atom stereocenters. The summed E-state index contributed by atoms with van der Waals surface area (Å²) in [5.74, 6) is -0.581. The second kappa shape index (κ2) is 7.41. The number of rotatable bonds is 4. The van der Waals surface area contributed by atoms with Crippen molar-refractivity contribution >= 4 is 11.6 Å². The van der Waals surface area contributed by atoms with Gasteiger partial charge in [-0.1, -0.05) is 20.8 Å². The monoisotopic (exact) mass is 422 g/mol. The van der Waals surface area contributed by atoms with Crippen molar-refractivity contribution in [1.82, 2.24) is 29.7 Å². The third-order valence-corrected chi connectivity index (χ3v) is 4.97. The van der Waals surface area contributed by atoms with Crippen molar-refractivity contribution in [3.8, 4) is 0 Å². The Labute approximate surface area is 172 Å². The third kappa shape index (κ3) is 4.03. The Morgan fingerprint density at radius 3 is 2.43 bits per heavy atom. The van der Waals surface area contributed by atoms with Crippen LogP contribution in [0.4, 0.5) is 13.2 Å². The summed E-state index contributed by atoms with van der Waals surface area (Å²) >= 11 is 0. The number of aryl methyl sites for hydroxylation is 1. The number of carbonyl (C=O) groups is 1. The van der Waals surface area contributed by atoms with Crippen LogP contribution in [0.1, 0.15) is 73.8 Å². The number of nitrogens with one attached hydrogen (secondary N) is 1. The summed E-state index contributed by atoms with van der Waals surface area (Å²) in [6.07, 6.45) is -2.97. The van der Waals surface area contributed by atoms with Gasteiger partial charge in [0.1, 0.15) is 5.69 Å². The van der Waals surface area contributed by atoms with E-state index in [2.05, 4.69) is 20.5 Å². The van der Waals surface area contributed by atoms with Gasteiger partial charge in [-0.05, 0) is 26.8 Å². The summed E-state index contributed by atoms with van der Waals surface area (Å²) in [4.78, 5) is 17.0. The van der Waals surface area contributed by atoms with Crippen molar-refractivity contribution in [2.24, 2.45) is 0 Å². The minimum Gasteiger partial charge on any atom is -0.344 e. The van der Waals surface area contributed by atoms with E-state index in [-0.39, 0.29) is 23.1 Å². The fourth-order valence-electron chi connectivity index (χ4n) is 3.22. The van der Waals surface area contributed by atoms with E-state index in [1.807, 2.05) is 13.8 Å². The number of hydrogen-bond acceptors (Lipinski definition) is 4. The Bertz CT molecular complexity index is 1090. The van der Waals surface area contributed by atoms with Gasteiger partial charge in [-0.2, -0.15) is 23.4 Å². The van der Waals surface area contributed by atoms with E-state index in [1.165, 1.54) is 6.07 Å². The fourth-order valence-corrected chi connectivity index (χ4v) is 3.22. The molecule has 1 unspecified atom stereocenters. The van der Waals surface area contributed by atoms with Gasteiger partial charge in [-0.25, -0.2) is 9.50 Å². The Hall–Kier alpha value is -2.91. The number of carbonyl (C=O) groups excluding carboxylic acids is 1. The van der Waals surface area contributed by atoms with E-state index in [1.54, 1.807) is 38.6 Å². The van der Waals surface area contributed by atoms with Gasteiger partial charge < -0.3 is 5.32 Å². The lowest BCUT2D eigenvalue weighted by molar-refractivity contribution is -0.142. The molecule has 0 spiro atoms. The number of nitrogens with zero attached hydrogens (tertiary/aromatic N) is 5. The zero-order valence-electron chi connectivity index (χ0n) is 17.8. The van der Waals surface area contributed by atoms with Crippen molar-refractivity contribution in [3.05, 3.63) is 46.7 Å². The van der Waals surface area contributed by atoms with Crippen molar-refractivity contribution in [3.63, 3.8) is 0 Å². The van der Waals surface area contributed by atoms with Gasteiger partial charge in [0.15, 0.2) is 11.3 Å². The highest BCUT2D eigenvalue weighted by molar-refractivity contribution is 5.93. The number of hydrogen-bond donors (Lipinski definition) is 1. The molecule has 1 N–H and O–H groups in total. The minimum absolute atomic E-state index is 0.0254. The number of alkyl halides is 3. The van der Waals surface area contributed by atoms with Crippen LogP contribution < -0.4 is 5.32 Å². The van der Waals surface area contributed by atoms with Gasteiger partial charge in [-0.15, -0.1) is 0 Å². The number of halogens is 3. The van der Waals surface area contributed by atoms with E-state index >= 15 is 0 Å². The maximum Gasteiger partial charge on any atom is 0.433 e. The molecule has 0 fully saturated rings. The second-order valence-corrected chi connectivity index (χ2v) is 8.27. The smallest absolute Gasteiger partial charge is 0.344 e. The lowest BCUT2D eigenvalue weighted by atomic mass is 9.91. The van der Waals surface area contributed by atoms with Crippen molar-refractivity contribution in [2.75, 3.05) is 0 Å². The zero-order valence-corrected chi connectivity index (χ0v) is 17.8. The third-order valence-electron chi connectivity index (χ3n) is 4.97. The van der Waals surface area contributed by atoms with Crippen molar-refractivity contribution < 1.29 is 18.0 Å². The average Bonchev–Trinajstić information content (AvgIpc) is 3.22. The second-order valence-electron chi connectivity index (χ2n) is 8.27. The van der Waals surface area contributed by atoms with Gasteiger partial charge in [0.05, 0.1) is 17.9 Å². The van der Waals surface area contributed by atoms with Gasteiger partial charge >= 0.3 is 6.18 Å². The normalized spacial score (nSPS) is 13.6. The lowest BCUT2D eigenvalue weighted by Crippen LogP contribution is -2.27. The van der Waals surface area contributed by atoms with Crippen LogP contribution in [-0.4, -0.2) is 30.3 Å². The first-order valence-electron chi connectivity index (χ1n) is 9.64. The molecule has 0 aromatic carbocycles. The van der Waals surface area contributed by atoms with Gasteiger partial charge in [0.25, 0.3) is 5.91 Å². The molecule has 3 rings (SSSR count). The summed E-state index contributed by atoms with van der Waals surface area (Å²) in [7, 11) is 0. The Kier molecular flexibility index (Phi) is 5.38. The van der Waals surface area contributed by atoms with E-state index in [4.69, 9.17) is 0 Å². The van der Waals surface area contributed by atoms with Crippen molar-refractivity contribution in [1.29, 1.82) is 0 Å². The summed E-state index contributed by atoms with van der Waals surface area (Å²) in [6.45, 7) is 11.7. The molecule has 0 saturated heterocycles. The van der Waals surface area contributed by atoms with E-state index < -0.39 is 23.2 Å². The highest BCUT2D eigenvalue weighted by Crippen LogP contribution is 2.32. The van der Waals surface area contributed by atoms with E-state index in [0.29, 0.717) is 11.1 Å². The largest absolute Gasteiger partial charge is 0.433 e. The number of aromatic nitrogens is 5. The van der Waals surface area contributed by atoms with Crippen LogP contribution in [0.5, 0.6) is 0 Å². The van der Waals surface area contributed by atoms with Crippen LogP contribution >= 0.6 is 0 Å². The molecule has 7 nitrogen and oxygen atoms in total. The summed E-state index contributed by atoms with van der Waals surface area (Å²) < 4.78 is 43.3. The molecule has 3 aromatic heterocycles. The maximum absolute atomic E-state index is 13.6. The van der Waals surface area contributed by atoms with E-state index in [9.17, 15) is 18.0 Å². The van der Waals surface area contributed by atoms with Gasteiger partial charge in [0, 0.05) is 29.3 Å². The fraction of sp³-hybridized carbons (Fsp3) is 0.500. The maximum atomic E-state index is 13.6. The van der Waals surface area contributed by atoms with Gasteiger partial charge in [-0.3, -0.25) is 9.48 Å². The number of fused-ring (bicyclic) bond motifs is 1. The molecular formula is C20H25F3N6O. The predicted molar refractivity (Wildman–Crippen MR) is 105 cm³/mol. The highest BCUT2D eigenvalue weighted by atomic mass is 19.4. The summed E-state index contributed by atoms with van der Waals surface area (Å²) in [6, 6.07) is 1.87. The van der Waals surface area contributed by atoms with Gasteiger partial charge in [0.2, 0.25) is 0 Å². The first kappa shape index (κ1) is 21.8. The topological polar surface area (TPSA) is 77.1 Å². The Morgan fingerprint density at radius 2 is 1.90 bits per heavy atom. The Morgan fingerprint density at radius 1 is 1.23 bits per heavy atom. The van der Waals surface area contributed by atoms with Crippen LogP contribution in [0.25, 0.3) is 5.65 Å². The van der Waals surface area contributed by atoms with Crippen molar-refractivity contribution in [2.45, 2.75) is 65.7 Å². The standard InChI is InChI=1S/C20H25F3N6O/c1-7-28-12(3)13(10-24-28)11(2)25-18(30)14-8-17-26-15(19(4,5)6)9-16(20(21,22)23)29(17)27-14/h8-11H,7H2,1-6H3,(H,25,30). The van der Waals surface area contributed by atoms with Crippen LogP contribution in [0.3, 0.4) is 0 Å². The van der Waals surface area contributed by atoms with E-state index in [0.717, 1.165) is 17.3 Å². The predicted octanol–water partition coefficient (Wildman–Crippen LogP) is 4.06. The molecule has 10 heteroatoms. The highest BCUT2D eigenvalue weighted by Gasteiger charge is 2.36. The molecule has 162 valence electrons. The van der Waals surface area contributed by atoms with Crippen LogP contribution in [0.15, 0.2) is 18.3 Å². The first-order valence-corrected chi connectivity index (χ1v) is 9.64. The molecule has 0 bridgehead atoms. The number of amides is 1. The zero-order chi connectivity index (χ0) is 22.4. The lowest BCUT2D eigenvalue weighted by Gasteiger charge is -2.19. The van der Waals surface area contributed by atoms with Crippen LogP contribution in [0, 0.1) is 6.92 Å². The molecular weight excluding hydrogens is 397 g/mol. The molecule has 0 radical (unpaired) electrons. The molecule has 1 amide bonds. The molecule has 3 heterocycles. The summed E-state index contributed by atoms with van der Waals surface area (Å²) in [5.41, 5.74) is 0.290. The molecule has 0 saturated carbocycles. The molecule has 0 aliphatic heterocycles. The summed E-state index contributed by atoms with van der Waals surface area (Å²) in [5, 5.41) is 10.9. The molecule has 3 aromatic rings. The SMILES string of the molecule is CCn1ncc(C(C)NC(=O)c2cc3nc(C(C)(C)C)cc(C(F)(F)F)n3n2)c1C. The van der Waals surface area contributed by atoms with Crippen LogP contribution in [0.2, 0.25) is 0 Å². The van der Waals surface area contributed by atoms with Crippen LogP contribution in [-0.2, 0) is 18.1 Å². The molecule has 30 heavy (non-hydrogen) atoms. The first-order chi connectivity index (χ1) is 13.8.